The zero-order chi connectivity index (χ0) is 10.5. The van der Waals surface area contributed by atoms with Gasteiger partial charge in [0.15, 0.2) is 0 Å². The van der Waals surface area contributed by atoms with Crippen molar-refractivity contribution in [3.05, 3.63) is 0 Å². The van der Waals surface area contributed by atoms with Crippen LogP contribution in [0.4, 0.5) is 0 Å². The van der Waals surface area contributed by atoms with Crippen LogP contribution in [-0.2, 0) is 0 Å². The van der Waals surface area contributed by atoms with Crippen LogP contribution >= 0.6 is 15.9 Å². The third-order valence-electron chi connectivity index (χ3n) is 2.15. The molecular formula is C11H24BrN. The topological polar surface area (TPSA) is 3.24 Å². The first-order valence-electron chi connectivity index (χ1n) is 5.14. The molecule has 0 aromatic rings. The molecular weight excluding hydrogens is 226 g/mol. The number of nitrogens with zero attached hydrogens (tertiary/aromatic N) is 1. The van der Waals surface area contributed by atoms with Crippen LogP contribution in [0.15, 0.2) is 0 Å². The highest BCUT2D eigenvalue weighted by molar-refractivity contribution is 9.09. The summed E-state index contributed by atoms with van der Waals surface area (Å²) in [6.45, 7) is 11.5. The van der Waals surface area contributed by atoms with Gasteiger partial charge in [-0.1, -0.05) is 43.6 Å². The fourth-order valence-electron chi connectivity index (χ4n) is 1.04. The molecule has 0 aliphatic carbocycles. The van der Waals surface area contributed by atoms with E-state index in [1.807, 2.05) is 0 Å². The van der Waals surface area contributed by atoms with E-state index in [-0.39, 0.29) is 0 Å². The summed E-state index contributed by atoms with van der Waals surface area (Å²) >= 11 is 3.57. The van der Waals surface area contributed by atoms with Crippen molar-refractivity contribution in [3.8, 4) is 0 Å². The molecule has 0 saturated carbocycles. The summed E-state index contributed by atoms with van der Waals surface area (Å²) in [5, 5.41) is 0. The minimum absolute atomic E-state index is 0.467. The molecule has 13 heavy (non-hydrogen) atoms. The molecule has 1 unspecified atom stereocenters. The summed E-state index contributed by atoms with van der Waals surface area (Å²) < 4.78 is 0. The Kier molecular flexibility index (Phi) is 6.23. The highest BCUT2D eigenvalue weighted by Crippen LogP contribution is 2.18. The van der Waals surface area contributed by atoms with Crippen molar-refractivity contribution in [1.82, 2.24) is 4.90 Å². The van der Waals surface area contributed by atoms with E-state index in [0.29, 0.717) is 10.2 Å². The van der Waals surface area contributed by atoms with Crippen LogP contribution in [0, 0.1) is 5.41 Å². The Morgan fingerprint density at radius 3 is 2.15 bits per heavy atom. The molecule has 80 valence electrons. The standard InChI is InChI=1S/C11H24BrN/c1-10(12)6-8-13(5)9-7-11(2,3)4/h10H,6-9H2,1-5H3. The average molecular weight is 250 g/mol. The van der Waals surface area contributed by atoms with E-state index in [9.17, 15) is 0 Å². The molecule has 0 saturated heterocycles. The SMILES string of the molecule is CC(Br)CCN(C)CCC(C)(C)C. The smallest absolute Gasteiger partial charge is 0.0129 e. The first kappa shape index (κ1) is 13.4. The maximum atomic E-state index is 3.57. The van der Waals surface area contributed by atoms with Crippen LogP contribution in [-0.4, -0.2) is 29.9 Å². The summed E-state index contributed by atoms with van der Waals surface area (Å²) in [5.41, 5.74) is 0.467. The van der Waals surface area contributed by atoms with Gasteiger partial charge >= 0.3 is 0 Å². The van der Waals surface area contributed by atoms with Crippen LogP contribution in [0.1, 0.15) is 40.5 Å². The zero-order valence-electron chi connectivity index (χ0n) is 9.73. The van der Waals surface area contributed by atoms with Crippen LogP contribution in [0.3, 0.4) is 0 Å². The monoisotopic (exact) mass is 249 g/mol. The second kappa shape index (κ2) is 6.02. The lowest BCUT2D eigenvalue weighted by Gasteiger charge is -2.23. The summed E-state index contributed by atoms with van der Waals surface area (Å²) in [5.74, 6) is 0. The summed E-state index contributed by atoms with van der Waals surface area (Å²) in [7, 11) is 2.21. The lowest BCUT2D eigenvalue weighted by atomic mass is 9.92. The number of halogens is 1. The number of rotatable bonds is 5. The molecule has 0 radical (unpaired) electrons. The predicted octanol–water partition coefficient (Wildman–Crippen LogP) is 3.53. The second-order valence-corrected chi connectivity index (χ2v) is 6.75. The van der Waals surface area contributed by atoms with Crippen molar-refractivity contribution in [2.75, 3.05) is 20.1 Å². The molecule has 1 nitrogen and oxygen atoms in total. The van der Waals surface area contributed by atoms with Crippen LogP contribution in [0.25, 0.3) is 0 Å². The van der Waals surface area contributed by atoms with Gasteiger partial charge in [0.25, 0.3) is 0 Å². The van der Waals surface area contributed by atoms with Gasteiger partial charge in [-0.3, -0.25) is 0 Å². The first-order valence-corrected chi connectivity index (χ1v) is 6.05. The largest absolute Gasteiger partial charge is 0.306 e. The molecule has 0 aromatic heterocycles. The Labute approximate surface area is 92.0 Å². The number of alkyl halides is 1. The van der Waals surface area contributed by atoms with Crippen molar-refractivity contribution >= 4 is 15.9 Å². The lowest BCUT2D eigenvalue weighted by molar-refractivity contribution is 0.262. The minimum Gasteiger partial charge on any atom is -0.306 e. The van der Waals surface area contributed by atoms with Gasteiger partial charge in [0.1, 0.15) is 0 Å². The van der Waals surface area contributed by atoms with Gasteiger partial charge in [-0.2, -0.15) is 0 Å². The molecule has 0 aromatic carbocycles. The first-order chi connectivity index (χ1) is 5.81. The fourth-order valence-corrected chi connectivity index (χ4v) is 1.24. The maximum Gasteiger partial charge on any atom is 0.0129 e. The third kappa shape index (κ3) is 10.4. The van der Waals surface area contributed by atoms with Crippen molar-refractivity contribution in [3.63, 3.8) is 0 Å². The predicted molar refractivity (Wildman–Crippen MR) is 64.6 cm³/mol. The Morgan fingerprint density at radius 2 is 1.77 bits per heavy atom. The molecule has 0 aliphatic heterocycles. The molecule has 0 bridgehead atoms. The Bertz CT molecular complexity index is 127. The Morgan fingerprint density at radius 1 is 1.23 bits per heavy atom. The van der Waals surface area contributed by atoms with Gasteiger partial charge in [-0.25, -0.2) is 0 Å². The Balaban J connectivity index is 3.46. The molecule has 0 aliphatic rings. The second-order valence-electron chi connectivity index (χ2n) is 5.18. The number of hydrogen-bond acceptors (Lipinski definition) is 1. The van der Waals surface area contributed by atoms with Gasteiger partial charge in [0, 0.05) is 4.83 Å². The Hall–Kier alpha value is 0.440. The lowest BCUT2D eigenvalue weighted by Crippen LogP contribution is -2.25. The number of hydrogen-bond donors (Lipinski definition) is 0. The minimum atomic E-state index is 0.467. The molecule has 0 fully saturated rings. The average Bonchev–Trinajstić information content (AvgIpc) is 1.95. The summed E-state index contributed by atoms with van der Waals surface area (Å²) in [6, 6.07) is 0. The van der Waals surface area contributed by atoms with Gasteiger partial charge in [0.05, 0.1) is 0 Å². The molecule has 2 heteroatoms. The van der Waals surface area contributed by atoms with Crippen molar-refractivity contribution in [2.45, 2.75) is 45.4 Å². The van der Waals surface area contributed by atoms with Crippen molar-refractivity contribution in [1.29, 1.82) is 0 Å². The molecule has 0 spiro atoms. The van der Waals surface area contributed by atoms with Crippen LogP contribution < -0.4 is 0 Å². The van der Waals surface area contributed by atoms with E-state index < -0.39 is 0 Å². The maximum absolute atomic E-state index is 3.57. The van der Waals surface area contributed by atoms with E-state index in [1.54, 1.807) is 0 Å². The van der Waals surface area contributed by atoms with Crippen LogP contribution in [0.2, 0.25) is 0 Å². The van der Waals surface area contributed by atoms with Gasteiger partial charge in [0.2, 0.25) is 0 Å². The summed E-state index contributed by atoms with van der Waals surface area (Å²) in [4.78, 5) is 3.06. The van der Waals surface area contributed by atoms with Crippen molar-refractivity contribution < 1.29 is 0 Å². The van der Waals surface area contributed by atoms with E-state index in [1.165, 1.54) is 25.9 Å². The van der Waals surface area contributed by atoms with Gasteiger partial charge in [-0.05, 0) is 38.4 Å². The van der Waals surface area contributed by atoms with Crippen LogP contribution in [0.5, 0.6) is 0 Å². The molecule has 0 heterocycles. The van der Waals surface area contributed by atoms with E-state index in [0.717, 1.165) is 0 Å². The van der Waals surface area contributed by atoms with E-state index >= 15 is 0 Å². The van der Waals surface area contributed by atoms with E-state index in [4.69, 9.17) is 0 Å². The molecule has 1 atom stereocenters. The fraction of sp³-hybridized carbons (Fsp3) is 1.00. The summed E-state index contributed by atoms with van der Waals surface area (Å²) in [6.07, 6.45) is 2.51. The normalized spacial score (nSPS) is 15.0. The van der Waals surface area contributed by atoms with Crippen molar-refractivity contribution in [2.24, 2.45) is 5.41 Å². The molecule has 0 rings (SSSR count). The van der Waals surface area contributed by atoms with Gasteiger partial charge in [-0.15, -0.1) is 0 Å². The molecule has 0 N–H and O–H groups in total. The van der Waals surface area contributed by atoms with Gasteiger partial charge < -0.3 is 4.90 Å². The highest BCUT2D eigenvalue weighted by Gasteiger charge is 2.11. The quantitative estimate of drug-likeness (QED) is 0.675. The zero-order valence-corrected chi connectivity index (χ0v) is 11.3. The highest BCUT2D eigenvalue weighted by atomic mass is 79.9. The third-order valence-corrected chi connectivity index (χ3v) is 2.61. The van der Waals surface area contributed by atoms with E-state index in [2.05, 4.69) is 55.6 Å². The molecule has 0 amide bonds.